The molecular formula is C14H27N3O3. The number of carbonyl (C=O) groups excluding carboxylic acids is 1. The van der Waals surface area contributed by atoms with E-state index < -0.39 is 12.0 Å². The molecule has 2 amide bonds. The van der Waals surface area contributed by atoms with Crippen molar-refractivity contribution in [3.63, 3.8) is 0 Å². The Balaban J connectivity index is 2.61. The molecule has 1 aliphatic heterocycles. The molecule has 0 saturated carbocycles. The number of hydrogen-bond acceptors (Lipinski definition) is 3. The Morgan fingerprint density at radius 2 is 2.15 bits per heavy atom. The van der Waals surface area contributed by atoms with E-state index in [9.17, 15) is 14.7 Å². The number of amides is 2. The van der Waals surface area contributed by atoms with Crippen LogP contribution >= 0.6 is 0 Å². The minimum Gasteiger partial charge on any atom is -0.480 e. The summed E-state index contributed by atoms with van der Waals surface area (Å²) in [6, 6.07) is -0.964. The number of hydrogen-bond donors (Lipinski definition) is 2. The van der Waals surface area contributed by atoms with E-state index in [-0.39, 0.29) is 18.0 Å². The molecule has 0 aromatic heterocycles. The topological polar surface area (TPSA) is 72.9 Å². The maximum atomic E-state index is 12.2. The average Bonchev–Trinajstić information content (AvgIpc) is 2.42. The molecule has 1 aliphatic rings. The zero-order chi connectivity index (χ0) is 15.3. The van der Waals surface area contributed by atoms with E-state index in [2.05, 4.69) is 10.2 Å². The lowest BCUT2D eigenvalue weighted by molar-refractivity contribution is -0.140. The van der Waals surface area contributed by atoms with Gasteiger partial charge in [-0.15, -0.1) is 0 Å². The number of aliphatic carboxylic acids is 1. The van der Waals surface area contributed by atoms with Crippen LogP contribution in [0.1, 0.15) is 33.1 Å². The van der Waals surface area contributed by atoms with Crippen molar-refractivity contribution in [2.24, 2.45) is 5.92 Å². The number of likely N-dealkylation sites (N-methyl/N-ethyl adjacent to an activating group) is 2. The van der Waals surface area contributed by atoms with Crippen LogP contribution in [0.5, 0.6) is 0 Å². The monoisotopic (exact) mass is 285 g/mol. The molecule has 0 aromatic carbocycles. The van der Waals surface area contributed by atoms with Crippen molar-refractivity contribution in [2.45, 2.75) is 45.2 Å². The van der Waals surface area contributed by atoms with Gasteiger partial charge in [0.1, 0.15) is 6.04 Å². The highest BCUT2D eigenvalue weighted by Gasteiger charge is 2.29. The molecule has 0 aromatic rings. The first-order chi connectivity index (χ1) is 9.36. The molecule has 1 fully saturated rings. The number of carboxylic acid groups (broad SMARTS) is 1. The Kier molecular flexibility index (Phi) is 6.26. The number of carboxylic acids is 1. The van der Waals surface area contributed by atoms with E-state index in [1.807, 2.05) is 20.9 Å². The highest BCUT2D eigenvalue weighted by Crippen LogP contribution is 2.14. The normalized spacial score (nSPS) is 22.9. The highest BCUT2D eigenvalue weighted by atomic mass is 16.4. The molecule has 6 heteroatoms. The summed E-state index contributed by atoms with van der Waals surface area (Å²) >= 11 is 0. The van der Waals surface area contributed by atoms with Gasteiger partial charge in [-0.2, -0.15) is 0 Å². The first kappa shape index (κ1) is 16.8. The number of carbonyl (C=O) groups is 2. The fourth-order valence-electron chi connectivity index (χ4n) is 2.54. The lowest BCUT2D eigenvalue weighted by Crippen LogP contribution is -2.54. The fraction of sp³-hybridized carbons (Fsp3) is 0.857. The fourth-order valence-corrected chi connectivity index (χ4v) is 2.54. The van der Waals surface area contributed by atoms with E-state index in [0.29, 0.717) is 6.42 Å². The Morgan fingerprint density at radius 1 is 1.50 bits per heavy atom. The second kappa shape index (κ2) is 7.47. The molecule has 20 heavy (non-hydrogen) atoms. The highest BCUT2D eigenvalue weighted by molar-refractivity contribution is 5.82. The van der Waals surface area contributed by atoms with Gasteiger partial charge in [-0.3, -0.25) is 0 Å². The Hall–Kier alpha value is -1.30. The van der Waals surface area contributed by atoms with E-state index >= 15 is 0 Å². The third-order valence-electron chi connectivity index (χ3n) is 4.23. The molecule has 1 saturated heterocycles. The van der Waals surface area contributed by atoms with E-state index in [4.69, 9.17) is 0 Å². The van der Waals surface area contributed by atoms with E-state index in [1.165, 1.54) is 0 Å². The lowest BCUT2D eigenvalue weighted by Gasteiger charge is -2.36. The van der Waals surface area contributed by atoms with Crippen LogP contribution in [0.4, 0.5) is 4.79 Å². The molecule has 6 nitrogen and oxygen atoms in total. The summed E-state index contributed by atoms with van der Waals surface area (Å²) < 4.78 is 0. The van der Waals surface area contributed by atoms with Crippen LogP contribution in [0.2, 0.25) is 0 Å². The number of nitrogens with one attached hydrogen (secondary N) is 1. The van der Waals surface area contributed by atoms with Gasteiger partial charge in [-0.1, -0.05) is 20.3 Å². The maximum absolute atomic E-state index is 12.2. The molecule has 116 valence electrons. The quantitative estimate of drug-likeness (QED) is 0.796. The van der Waals surface area contributed by atoms with Crippen LogP contribution in [0.25, 0.3) is 0 Å². The van der Waals surface area contributed by atoms with Gasteiger partial charge in [-0.05, 0) is 32.4 Å². The maximum Gasteiger partial charge on any atom is 0.326 e. The van der Waals surface area contributed by atoms with Gasteiger partial charge in [0.05, 0.1) is 0 Å². The second-order valence-electron chi connectivity index (χ2n) is 5.82. The Morgan fingerprint density at radius 3 is 2.65 bits per heavy atom. The van der Waals surface area contributed by atoms with Crippen LogP contribution in [-0.2, 0) is 4.79 Å². The van der Waals surface area contributed by atoms with Gasteiger partial charge >= 0.3 is 12.0 Å². The predicted molar refractivity (Wildman–Crippen MR) is 77.7 cm³/mol. The predicted octanol–water partition coefficient (Wildman–Crippen LogP) is 1.22. The summed E-state index contributed by atoms with van der Waals surface area (Å²) in [6.07, 6.45) is 2.75. The van der Waals surface area contributed by atoms with Gasteiger partial charge < -0.3 is 20.2 Å². The minimum atomic E-state index is -0.970. The van der Waals surface area contributed by atoms with Crippen LogP contribution in [0, 0.1) is 5.92 Å². The molecule has 1 unspecified atom stereocenters. The minimum absolute atomic E-state index is 0.0844. The van der Waals surface area contributed by atoms with Crippen molar-refractivity contribution in [3.8, 4) is 0 Å². The summed E-state index contributed by atoms with van der Waals surface area (Å²) in [5.41, 5.74) is 0. The smallest absolute Gasteiger partial charge is 0.326 e. The Labute approximate surface area is 121 Å². The first-order valence-electron chi connectivity index (χ1n) is 7.31. The molecule has 0 bridgehead atoms. The van der Waals surface area contributed by atoms with Crippen molar-refractivity contribution in [1.82, 2.24) is 15.1 Å². The number of urea groups is 1. The van der Waals surface area contributed by atoms with Crippen LogP contribution in [0.15, 0.2) is 0 Å². The number of nitrogens with zero attached hydrogens (tertiary/aromatic N) is 2. The molecule has 2 N–H and O–H groups in total. The molecule has 0 spiro atoms. The molecule has 0 radical (unpaired) electrons. The third kappa shape index (κ3) is 4.37. The average molecular weight is 285 g/mol. The van der Waals surface area contributed by atoms with Gasteiger partial charge in [0.15, 0.2) is 0 Å². The van der Waals surface area contributed by atoms with E-state index in [0.717, 1.165) is 25.9 Å². The summed E-state index contributed by atoms with van der Waals surface area (Å²) in [7, 11) is 3.78. The number of rotatable bonds is 5. The second-order valence-corrected chi connectivity index (χ2v) is 5.82. The van der Waals surface area contributed by atoms with Crippen molar-refractivity contribution in [1.29, 1.82) is 0 Å². The Bertz CT molecular complexity index is 349. The zero-order valence-electron chi connectivity index (χ0n) is 12.9. The van der Waals surface area contributed by atoms with Gasteiger partial charge in [0.2, 0.25) is 0 Å². The van der Waals surface area contributed by atoms with Crippen molar-refractivity contribution < 1.29 is 14.7 Å². The summed E-state index contributed by atoms with van der Waals surface area (Å²) in [4.78, 5) is 27.3. The molecular weight excluding hydrogens is 258 g/mol. The van der Waals surface area contributed by atoms with Crippen molar-refractivity contribution in [3.05, 3.63) is 0 Å². The third-order valence-corrected chi connectivity index (χ3v) is 4.23. The van der Waals surface area contributed by atoms with Gasteiger partial charge in [-0.25, -0.2) is 9.59 Å². The van der Waals surface area contributed by atoms with Crippen LogP contribution in [0.3, 0.4) is 0 Å². The summed E-state index contributed by atoms with van der Waals surface area (Å²) in [5, 5.41) is 11.9. The molecule has 1 rings (SSSR count). The molecule has 1 heterocycles. The first-order valence-corrected chi connectivity index (χ1v) is 7.31. The van der Waals surface area contributed by atoms with Crippen LogP contribution in [-0.4, -0.2) is 66.2 Å². The summed E-state index contributed by atoms with van der Waals surface area (Å²) in [6.45, 7) is 5.65. The molecule has 0 aliphatic carbocycles. The SMILES string of the molecule is CC[C@H](C)[C@H](NC(=O)N(C)C1CCCN(C)C1)C(=O)O. The van der Waals surface area contributed by atoms with Gasteiger partial charge in [0.25, 0.3) is 0 Å². The van der Waals surface area contributed by atoms with E-state index in [1.54, 1.807) is 11.9 Å². The number of likely N-dealkylation sites (tertiary alicyclic amines) is 1. The lowest BCUT2D eigenvalue weighted by atomic mass is 9.99. The zero-order valence-corrected chi connectivity index (χ0v) is 12.9. The largest absolute Gasteiger partial charge is 0.480 e. The van der Waals surface area contributed by atoms with Crippen LogP contribution < -0.4 is 5.32 Å². The standard InChI is InChI=1S/C14H27N3O3/c1-5-10(2)12(13(18)19)15-14(20)17(4)11-7-6-8-16(3)9-11/h10-12H,5-9H2,1-4H3,(H,15,20)(H,18,19)/t10-,11?,12-/m0/s1. The number of piperidine rings is 1. The van der Waals surface area contributed by atoms with Gasteiger partial charge in [0, 0.05) is 19.6 Å². The van der Waals surface area contributed by atoms with Crippen molar-refractivity contribution >= 4 is 12.0 Å². The summed E-state index contributed by atoms with van der Waals surface area (Å²) in [5.74, 6) is -1.05. The van der Waals surface area contributed by atoms with Crippen molar-refractivity contribution in [2.75, 3.05) is 27.2 Å². The molecule has 3 atom stereocenters.